The quantitative estimate of drug-likeness (QED) is 0.674. The van der Waals surface area contributed by atoms with E-state index in [4.69, 9.17) is 0 Å². The average molecular weight is 160 g/mol. The van der Waals surface area contributed by atoms with E-state index in [2.05, 4.69) is 13.2 Å². The Labute approximate surface area is 72.7 Å². The first kappa shape index (κ1) is 8.60. The second kappa shape index (κ2) is 3.77. The summed E-state index contributed by atoms with van der Waals surface area (Å²) in [6.07, 6.45) is 4.18. The van der Waals surface area contributed by atoms with E-state index in [1.54, 1.807) is 24.3 Å². The minimum Gasteiger partial charge on any atom is -0.508 e. The Bertz CT molecular complexity index is 300. The van der Waals surface area contributed by atoms with Gasteiger partial charge in [0.25, 0.3) is 0 Å². The van der Waals surface area contributed by atoms with Gasteiger partial charge >= 0.3 is 0 Å². The third kappa shape index (κ3) is 1.56. The summed E-state index contributed by atoms with van der Waals surface area (Å²) in [5, 5.41) is 9.46. The van der Waals surface area contributed by atoms with Crippen molar-refractivity contribution in [3.05, 3.63) is 48.6 Å². The van der Waals surface area contributed by atoms with Crippen molar-refractivity contribution < 1.29 is 5.11 Å². The number of allylic oxidation sites excluding steroid dienone is 1. The van der Waals surface area contributed by atoms with Crippen molar-refractivity contribution >= 4 is 6.08 Å². The second-order valence-electron chi connectivity index (χ2n) is 2.54. The van der Waals surface area contributed by atoms with Crippen LogP contribution in [0.5, 0.6) is 5.75 Å². The monoisotopic (exact) mass is 160 g/mol. The highest BCUT2D eigenvalue weighted by Gasteiger charge is 2.01. The van der Waals surface area contributed by atoms with Crippen LogP contribution in [0.4, 0.5) is 0 Å². The van der Waals surface area contributed by atoms with Crippen LogP contribution < -0.4 is 0 Å². The molecule has 0 aliphatic carbocycles. The molecule has 0 spiro atoms. The SMILES string of the molecule is C=CCc1c(O)cccc1C=C. The molecular weight excluding hydrogens is 148 g/mol. The Kier molecular flexibility index (Phi) is 2.70. The maximum atomic E-state index is 9.46. The van der Waals surface area contributed by atoms with Gasteiger partial charge in [0.2, 0.25) is 0 Å². The molecule has 0 saturated heterocycles. The van der Waals surface area contributed by atoms with Crippen molar-refractivity contribution in [1.82, 2.24) is 0 Å². The van der Waals surface area contributed by atoms with E-state index in [9.17, 15) is 5.11 Å². The lowest BCUT2D eigenvalue weighted by Gasteiger charge is -2.04. The molecule has 0 heterocycles. The molecule has 1 aromatic rings. The topological polar surface area (TPSA) is 20.2 Å². The Hall–Kier alpha value is -1.50. The summed E-state index contributed by atoms with van der Waals surface area (Å²) in [4.78, 5) is 0. The molecule has 0 atom stereocenters. The predicted molar refractivity (Wildman–Crippen MR) is 52.1 cm³/mol. The van der Waals surface area contributed by atoms with E-state index in [0.717, 1.165) is 11.1 Å². The van der Waals surface area contributed by atoms with E-state index in [-0.39, 0.29) is 0 Å². The number of rotatable bonds is 3. The highest BCUT2D eigenvalue weighted by Crippen LogP contribution is 2.22. The van der Waals surface area contributed by atoms with Crippen molar-refractivity contribution in [2.24, 2.45) is 0 Å². The fourth-order valence-electron chi connectivity index (χ4n) is 1.15. The molecular formula is C11H12O. The first-order valence-corrected chi connectivity index (χ1v) is 3.83. The molecule has 1 aromatic carbocycles. The third-order valence-electron chi connectivity index (χ3n) is 1.76. The zero-order chi connectivity index (χ0) is 8.97. The van der Waals surface area contributed by atoms with E-state index < -0.39 is 0 Å². The molecule has 12 heavy (non-hydrogen) atoms. The van der Waals surface area contributed by atoms with Gasteiger partial charge in [0.05, 0.1) is 0 Å². The Balaban J connectivity index is 3.18. The number of hydrogen-bond donors (Lipinski definition) is 1. The number of hydrogen-bond acceptors (Lipinski definition) is 1. The molecule has 1 nitrogen and oxygen atoms in total. The van der Waals surface area contributed by atoms with Gasteiger partial charge in [-0.2, -0.15) is 0 Å². The number of phenolic OH excluding ortho intramolecular Hbond substituents is 1. The van der Waals surface area contributed by atoms with Gasteiger partial charge in [-0.25, -0.2) is 0 Å². The van der Waals surface area contributed by atoms with E-state index >= 15 is 0 Å². The molecule has 0 radical (unpaired) electrons. The minimum absolute atomic E-state index is 0.312. The number of benzene rings is 1. The molecule has 0 saturated carbocycles. The Morgan fingerprint density at radius 2 is 2.08 bits per heavy atom. The van der Waals surface area contributed by atoms with Crippen molar-refractivity contribution in [3.8, 4) is 5.75 Å². The van der Waals surface area contributed by atoms with Crippen molar-refractivity contribution in [3.63, 3.8) is 0 Å². The van der Waals surface area contributed by atoms with Crippen LogP contribution in [0.15, 0.2) is 37.4 Å². The van der Waals surface area contributed by atoms with Crippen molar-refractivity contribution in [1.29, 1.82) is 0 Å². The smallest absolute Gasteiger partial charge is 0.119 e. The van der Waals surface area contributed by atoms with Crippen LogP contribution in [-0.2, 0) is 6.42 Å². The van der Waals surface area contributed by atoms with Crippen molar-refractivity contribution in [2.45, 2.75) is 6.42 Å². The molecule has 0 bridgehead atoms. The summed E-state index contributed by atoms with van der Waals surface area (Å²) in [6.45, 7) is 7.30. The molecule has 0 unspecified atom stereocenters. The Morgan fingerprint density at radius 3 is 2.67 bits per heavy atom. The van der Waals surface area contributed by atoms with Crippen LogP contribution in [0.1, 0.15) is 11.1 Å². The second-order valence-corrected chi connectivity index (χ2v) is 2.54. The largest absolute Gasteiger partial charge is 0.508 e. The first-order valence-electron chi connectivity index (χ1n) is 3.83. The maximum absolute atomic E-state index is 9.46. The third-order valence-corrected chi connectivity index (χ3v) is 1.76. The summed E-state index contributed by atoms with van der Waals surface area (Å²) in [6, 6.07) is 5.40. The summed E-state index contributed by atoms with van der Waals surface area (Å²) >= 11 is 0. The van der Waals surface area contributed by atoms with Gasteiger partial charge in [0.15, 0.2) is 0 Å². The maximum Gasteiger partial charge on any atom is 0.119 e. The van der Waals surface area contributed by atoms with Gasteiger partial charge in [-0.05, 0) is 18.1 Å². The van der Waals surface area contributed by atoms with E-state index in [1.165, 1.54) is 0 Å². The standard InChI is InChI=1S/C11H12O/c1-3-6-10-9(4-2)7-5-8-11(10)12/h3-5,7-8,12H,1-2,6H2. The normalized spacial score (nSPS) is 9.33. The summed E-state index contributed by atoms with van der Waals surface area (Å²) in [5.74, 6) is 0.312. The van der Waals surface area contributed by atoms with E-state index in [0.29, 0.717) is 12.2 Å². The fourth-order valence-corrected chi connectivity index (χ4v) is 1.15. The van der Waals surface area contributed by atoms with E-state index in [1.807, 2.05) is 6.07 Å². The average Bonchev–Trinajstić information content (AvgIpc) is 2.09. The lowest BCUT2D eigenvalue weighted by atomic mass is 10.0. The summed E-state index contributed by atoms with van der Waals surface area (Å²) in [5.41, 5.74) is 1.86. The molecule has 1 rings (SSSR count). The minimum atomic E-state index is 0.312. The number of phenols is 1. The highest BCUT2D eigenvalue weighted by atomic mass is 16.3. The van der Waals surface area contributed by atoms with Gasteiger partial charge in [0, 0.05) is 5.56 Å². The molecule has 1 N–H and O–H groups in total. The van der Waals surface area contributed by atoms with Crippen LogP contribution in [0.3, 0.4) is 0 Å². The molecule has 62 valence electrons. The zero-order valence-corrected chi connectivity index (χ0v) is 6.96. The summed E-state index contributed by atoms with van der Waals surface area (Å²) in [7, 11) is 0. The van der Waals surface area contributed by atoms with Crippen LogP contribution in [-0.4, -0.2) is 5.11 Å². The molecule has 0 aromatic heterocycles. The lowest BCUT2D eigenvalue weighted by molar-refractivity contribution is 0.469. The zero-order valence-electron chi connectivity index (χ0n) is 6.96. The van der Waals surface area contributed by atoms with Crippen LogP contribution >= 0.6 is 0 Å². The highest BCUT2D eigenvalue weighted by molar-refractivity contribution is 5.56. The van der Waals surface area contributed by atoms with Gasteiger partial charge in [-0.1, -0.05) is 30.9 Å². The Morgan fingerprint density at radius 1 is 1.33 bits per heavy atom. The lowest BCUT2D eigenvalue weighted by Crippen LogP contribution is -1.86. The number of aromatic hydroxyl groups is 1. The first-order chi connectivity index (χ1) is 5.79. The summed E-state index contributed by atoms with van der Waals surface area (Å²) < 4.78 is 0. The van der Waals surface area contributed by atoms with Crippen LogP contribution in [0.2, 0.25) is 0 Å². The van der Waals surface area contributed by atoms with Crippen LogP contribution in [0, 0.1) is 0 Å². The molecule has 1 heteroatoms. The predicted octanol–water partition coefficient (Wildman–Crippen LogP) is 2.76. The van der Waals surface area contributed by atoms with Gasteiger partial charge < -0.3 is 5.11 Å². The van der Waals surface area contributed by atoms with Gasteiger partial charge in [-0.15, -0.1) is 6.58 Å². The molecule has 0 amide bonds. The van der Waals surface area contributed by atoms with Crippen molar-refractivity contribution in [2.75, 3.05) is 0 Å². The molecule has 0 aliphatic rings. The van der Waals surface area contributed by atoms with Crippen LogP contribution in [0.25, 0.3) is 6.08 Å². The molecule has 0 aliphatic heterocycles. The van der Waals surface area contributed by atoms with Gasteiger partial charge in [0.1, 0.15) is 5.75 Å². The molecule has 0 fully saturated rings. The fraction of sp³-hybridized carbons (Fsp3) is 0.0909. The van der Waals surface area contributed by atoms with Gasteiger partial charge in [-0.3, -0.25) is 0 Å².